The van der Waals surface area contributed by atoms with Gasteiger partial charge >= 0.3 is 12.1 Å². The Morgan fingerprint density at radius 2 is 2.12 bits per heavy atom. The van der Waals surface area contributed by atoms with Gasteiger partial charge in [0, 0.05) is 0 Å². The molecular weight excluding hydrogens is 210 g/mol. The fourth-order valence-electron chi connectivity index (χ4n) is 0.827. The van der Waals surface area contributed by atoms with Crippen LogP contribution in [0.5, 0.6) is 0 Å². The average molecular weight is 227 g/mol. The number of hydrogen-bond acceptors (Lipinski definition) is 4. The lowest BCUT2D eigenvalue weighted by Crippen LogP contribution is -2.40. The molecular formula is C11H17NO4. The molecule has 0 fully saturated rings. The summed E-state index contributed by atoms with van der Waals surface area (Å²) in [6, 6.07) is -0.734. The van der Waals surface area contributed by atoms with Crippen LogP contribution in [0.3, 0.4) is 0 Å². The maximum atomic E-state index is 11.3. The van der Waals surface area contributed by atoms with Crippen LogP contribution >= 0.6 is 0 Å². The molecule has 1 N–H and O–H groups in total. The van der Waals surface area contributed by atoms with Gasteiger partial charge in [0.1, 0.15) is 6.04 Å². The summed E-state index contributed by atoms with van der Waals surface area (Å²) < 4.78 is 9.44. The monoisotopic (exact) mass is 227 g/mol. The molecule has 0 bridgehead atoms. The van der Waals surface area contributed by atoms with Crippen LogP contribution in [-0.4, -0.2) is 31.3 Å². The smallest absolute Gasteiger partial charge is 0.408 e. The fourth-order valence-corrected chi connectivity index (χ4v) is 0.827. The lowest BCUT2D eigenvalue weighted by molar-refractivity contribution is -0.145. The van der Waals surface area contributed by atoms with Crippen LogP contribution in [0.15, 0.2) is 0 Å². The van der Waals surface area contributed by atoms with Gasteiger partial charge in [-0.3, -0.25) is 0 Å². The molecule has 0 spiro atoms. The quantitative estimate of drug-likeness (QED) is 0.419. The Kier molecular flexibility index (Phi) is 7.68. The van der Waals surface area contributed by atoms with E-state index < -0.39 is 18.1 Å². The molecule has 90 valence electrons. The van der Waals surface area contributed by atoms with Gasteiger partial charge in [-0.05, 0) is 13.3 Å². The third-order valence-corrected chi connectivity index (χ3v) is 1.72. The van der Waals surface area contributed by atoms with Gasteiger partial charge in [0.2, 0.25) is 0 Å². The minimum Gasteiger partial charge on any atom is -0.464 e. The van der Waals surface area contributed by atoms with E-state index in [0.717, 1.165) is 12.8 Å². The van der Waals surface area contributed by atoms with Gasteiger partial charge in [-0.15, -0.1) is 6.42 Å². The first-order chi connectivity index (χ1) is 7.61. The standard InChI is InChI=1S/C11H17NO4/c1-4-6-8-15-10(13)9(3)12-11(14)16-7-5-2/h2,9H,4,6-8H2,1,3H3,(H,12,14)/t9-/m0/s1. The van der Waals surface area contributed by atoms with Gasteiger partial charge in [-0.1, -0.05) is 19.3 Å². The van der Waals surface area contributed by atoms with Crippen molar-refractivity contribution in [3.05, 3.63) is 0 Å². The lowest BCUT2D eigenvalue weighted by atomic mass is 10.3. The molecule has 0 aliphatic rings. The summed E-state index contributed by atoms with van der Waals surface area (Å²) in [7, 11) is 0. The number of hydrogen-bond donors (Lipinski definition) is 1. The van der Waals surface area contributed by atoms with Gasteiger partial charge in [0.15, 0.2) is 6.61 Å². The minimum atomic E-state index is -0.734. The summed E-state index contributed by atoms with van der Waals surface area (Å²) in [5.41, 5.74) is 0. The van der Waals surface area contributed by atoms with Gasteiger partial charge < -0.3 is 14.8 Å². The molecule has 0 aromatic rings. The molecule has 0 radical (unpaired) electrons. The third-order valence-electron chi connectivity index (χ3n) is 1.72. The SMILES string of the molecule is C#CCOC(=O)N[C@@H](C)C(=O)OCCCC. The Hall–Kier alpha value is -1.70. The maximum Gasteiger partial charge on any atom is 0.408 e. The van der Waals surface area contributed by atoms with Crippen molar-refractivity contribution >= 4 is 12.1 Å². The van der Waals surface area contributed by atoms with E-state index in [0.29, 0.717) is 6.61 Å². The van der Waals surface area contributed by atoms with Crippen molar-refractivity contribution in [2.45, 2.75) is 32.7 Å². The Labute approximate surface area is 95.5 Å². The van der Waals surface area contributed by atoms with E-state index in [2.05, 4.69) is 16.0 Å². The predicted octanol–water partition coefficient (Wildman–Crippen LogP) is 1.08. The van der Waals surface area contributed by atoms with E-state index in [9.17, 15) is 9.59 Å². The molecule has 0 unspecified atom stereocenters. The molecule has 1 amide bonds. The van der Waals surface area contributed by atoms with E-state index in [-0.39, 0.29) is 6.61 Å². The highest BCUT2D eigenvalue weighted by atomic mass is 16.6. The van der Waals surface area contributed by atoms with Crippen LogP contribution in [-0.2, 0) is 14.3 Å². The second-order valence-electron chi connectivity index (χ2n) is 3.17. The van der Waals surface area contributed by atoms with Gasteiger partial charge in [-0.25, -0.2) is 9.59 Å². The van der Waals surface area contributed by atoms with Crippen molar-refractivity contribution in [3.63, 3.8) is 0 Å². The molecule has 0 aliphatic heterocycles. The number of carbonyl (C=O) groups is 2. The van der Waals surface area contributed by atoms with E-state index in [4.69, 9.17) is 11.2 Å². The Morgan fingerprint density at radius 3 is 2.69 bits per heavy atom. The number of unbranched alkanes of at least 4 members (excludes halogenated alkanes) is 1. The van der Waals surface area contributed by atoms with E-state index >= 15 is 0 Å². The van der Waals surface area contributed by atoms with E-state index in [1.165, 1.54) is 6.92 Å². The number of esters is 1. The highest BCUT2D eigenvalue weighted by molar-refractivity contribution is 5.80. The molecule has 0 aliphatic carbocycles. The fraction of sp³-hybridized carbons (Fsp3) is 0.636. The number of carbonyl (C=O) groups excluding carboxylic acids is 2. The number of ether oxygens (including phenoxy) is 2. The van der Waals surface area contributed by atoms with Crippen LogP contribution in [0.25, 0.3) is 0 Å². The van der Waals surface area contributed by atoms with Crippen LogP contribution in [0.1, 0.15) is 26.7 Å². The summed E-state index contributed by atoms with van der Waals surface area (Å²) in [4.78, 5) is 22.3. The van der Waals surface area contributed by atoms with Crippen molar-refractivity contribution < 1.29 is 19.1 Å². The van der Waals surface area contributed by atoms with Crippen molar-refractivity contribution in [1.82, 2.24) is 5.32 Å². The number of rotatable bonds is 6. The highest BCUT2D eigenvalue weighted by Crippen LogP contribution is 1.93. The summed E-state index contributed by atoms with van der Waals surface area (Å²) in [5, 5.41) is 2.31. The second kappa shape index (κ2) is 8.60. The van der Waals surface area contributed by atoms with Crippen molar-refractivity contribution in [1.29, 1.82) is 0 Å². The maximum absolute atomic E-state index is 11.3. The molecule has 0 saturated carbocycles. The zero-order valence-corrected chi connectivity index (χ0v) is 9.62. The van der Waals surface area contributed by atoms with Crippen LogP contribution in [0.2, 0.25) is 0 Å². The Balaban J connectivity index is 3.78. The third kappa shape index (κ3) is 6.71. The van der Waals surface area contributed by atoms with Crippen molar-refractivity contribution in [3.8, 4) is 12.3 Å². The first-order valence-electron chi connectivity index (χ1n) is 5.15. The number of terminal acetylenes is 1. The molecule has 0 saturated heterocycles. The zero-order valence-electron chi connectivity index (χ0n) is 9.62. The van der Waals surface area contributed by atoms with E-state index in [1.54, 1.807) is 0 Å². The minimum absolute atomic E-state index is 0.122. The summed E-state index contributed by atoms with van der Waals surface area (Å²) in [6.07, 6.45) is 5.93. The first-order valence-corrected chi connectivity index (χ1v) is 5.15. The molecule has 5 nitrogen and oxygen atoms in total. The van der Waals surface area contributed by atoms with Crippen molar-refractivity contribution in [2.24, 2.45) is 0 Å². The summed E-state index contributed by atoms with van der Waals surface area (Å²) >= 11 is 0. The molecule has 0 aromatic carbocycles. The molecule has 16 heavy (non-hydrogen) atoms. The Morgan fingerprint density at radius 1 is 1.44 bits per heavy atom. The second-order valence-corrected chi connectivity index (χ2v) is 3.17. The topological polar surface area (TPSA) is 64.6 Å². The molecule has 0 rings (SSSR count). The molecule has 0 heterocycles. The largest absolute Gasteiger partial charge is 0.464 e. The van der Waals surface area contributed by atoms with E-state index in [1.807, 2.05) is 6.92 Å². The lowest BCUT2D eigenvalue weighted by Gasteiger charge is -2.12. The van der Waals surface area contributed by atoms with Crippen LogP contribution in [0, 0.1) is 12.3 Å². The average Bonchev–Trinajstić information content (AvgIpc) is 2.26. The predicted molar refractivity (Wildman–Crippen MR) is 58.6 cm³/mol. The number of alkyl carbamates (subject to hydrolysis) is 1. The van der Waals surface area contributed by atoms with Gasteiger partial charge in [-0.2, -0.15) is 0 Å². The summed E-state index contributed by atoms with van der Waals surface area (Å²) in [5.74, 6) is 1.66. The first kappa shape index (κ1) is 14.3. The number of amides is 1. The van der Waals surface area contributed by atoms with Crippen LogP contribution < -0.4 is 5.32 Å². The Bertz CT molecular complexity index is 270. The molecule has 0 aromatic heterocycles. The van der Waals surface area contributed by atoms with Crippen LogP contribution in [0.4, 0.5) is 4.79 Å². The van der Waals surface area contributed by atoms with Gasteiger partial charge in [0.05, 0.1) is 6.61 Å². The summed E-state index contributed by atoms with van der Waals surface area (Å²) in [6.45, 7) is 3.75. The molecule has 5 heteroatoms. The zero-order chi connectivity index (χ0) is 12.4. The van der Waals surface area contributed by atoms with Gasteiger partial charge in [0.25, 0.3) is 0 Å². The van der Waals surface area contributed by atoms with Crippen molar-refractivity contribution in [2.75, 3.05) is 13.2 Å². The highest BCUT2D eigenvalue weighted by Gasteiger charge is 2.17. The normalized spacial score (nSPS) is 11.1. The number of nitrogens with one attached hydrogen (secondary N) is 1. The molecule has 1 atom stereocenters.